The van der Waals surface area contributed by atoms with E-state index in [4.69, 9.17) is 28.4 Å². The molecule has 402 valence electrons. The normalized spacial score (nSPS) is 25.8. The lowest BCUT2D eigenvalue weighted by atomic mass is 9.98. The molecule has 0 aromatic rings. The van der Waals surface area contributed by atoms with E-state index in [0.29, 0.717) is 12.8 Å². The predicted octanol–water partition coefficient (Wildman–Crippen LogP) is 8.10. The Kier molecular flexibility index (Phi) is 37.5. The molecule has 2 rings (SSSR count). The van der Waals surface area contributed by atoms with E-state index < -0.39 is 92.7 Å². The summed E-state index contributed by atoms with van der Waals surface area (Å²) in [6.07, 6.45) is 27.4. The molecule has 2 fully saturated rings. The Morgan fingerprint density at radius 1 is 0.478 bits per heavy atom. The van der Waals surface area contributed by atoms with Crippen LogP contribution in [0.25, 0.3) is 0 Å². The van der Waals surface area contributed by atoms with Gasteiger partial charge in [0, 0.05) is 12.8 Å². The number of carbonyl (C=O) groups excluding carboxylic acids is 2. The average Bonchev–Trinajstić information content (AvgIpc) is 3.34. The maximum atomic E-state index is 13.0. The average molecular weight is 985 g/mol. The summed E-state index contributed by atoms with van der Waals surface area (Å²) in [5.74, 6) is -0.938. The van der Waals surface area contributed by atoms with Gasteiger partial charge in [0.2, 0.25) is 0 Å². The minimum absolute atomic E-state index is 0.147. The molecule has 0 aromatic heterocycles. The third-order valence-corrected chi connectivity index (χ3v) is 12.9. The fourth-order valence-electron chi connectivity index (χ4n) is 8.47. The number of allylic oxidation sites excluding steroid dienone is 6. The molecule has 0 aromatic carbocycles. The van der Waals surface area contributed by atoms with Crippen LogP contribution in [0.2, 0.25) is 0 Å². The SMILES string of the molecule is CC/C=C\C/C=C\C/C=C\CCCCCCCC(=O)OC(COC(=O)CCCCCCCCCCCCCCCCCCCC)COC1OC(COC2OC(CO)C(O)C(O)C2O)C(O)C(O)C1O. The number of hydrogen-bond donors (Lipinski definition) is 7. The van der Waals surface area contributed by atoms with Crippen LogP contribution >= 0.6 is 0 Å². The Morgan fingerprint density at radius 3 is 1.43 bits per heavy atom. The zero-order chi connectivity index (χ0) is 50.3. The molecular weight excluding hydrogens is 889 g/mol. The van der Waals surface area contributed by atoms with Crippen LogP contribution in [0.15, 0.2) is 36.5 Å². The summed E-state index contributed by atoms with van der Waals surface area (Å²) in [7, 11) is 0. The van der Waals surface area contributed by atoms with Crippen LogP contribution in [0, 0.1) is 0 Å². The quantitative estimate of drug-likeness (QED) is 0.0174. The Balaban J connectivity index is 1.78. The van der Waals surface area contributed by atoms with Crippen LogP contribution in [-0.4, -0.2) is 142 Å². The van der Waals surface area contributed by atoms with Gasteiger partial charge in [-0.1, -0.05) is 179 Å². The third-order valence-electron chi connectivity index (χ3n) is 12.9. The summed E-state index contributed by atoms with van der Waals surface area (Å²) in [4.78, 5) is 25.8. The van der Waals surface area contributed by atoms with Crippen molar-refractivity contribution in [3.8, 4) is 0 Å². The Bertz CT molecular complexity index is 1340. The van der Waals surface area contributed by atoms with Gasteiger partial charge in [-0.25, -0.2) is 0 Å². The predicted molar refractivity (Wildman–Crippen MR) is 266 cm³/mol. The maximum absolute atomic E-state index is 13.0. The molecule has 2 heterocycles. The highest BCUT2D eigenvalue weighted by molar-refractivity contribution is 5.70. The molecular formula is C54H96O15. The van der Waals surface area contributed by atoms with E-state index in [-0.39, 0.29) is 26.1 Å². The number of carbonyl (C=O) groups is 2. The number of hydrogen-bond acceptors (Lipinski definition) is 15. The van der Waals surface area contributed by atoms with Crippen molar-refractivity contribution in [3.05, 3.63) is 36.5 Å². The smallest absolute Gasteiger partial charge is 0.306 e. The lowest BCUT2D eigenvalue weighted by Gasteiger charge is -2.42. The van der Waals surface area contributed by atoms with E-state index in [2.05, 4.69) is 50.3 Å². The van der Waals surface area contributed by atoms with Crippen molar-refractivity contribution in [1.29, 1.82) is 0 Å². The highest BCUT2D eigenvalue weighted by Crippen LogP contribution is 2.26. The number of esters is 2. The molecule has 2 aliphatic heterocycles. The Morgan fingerprint density at radius 2 is 0.913 bits per heavy atom. The second-order valence-corrected chi connectivity index (χ2v) is 19.0. The summed E-state index contributed by atoms with van der Waals surface area (Å²) in [6.45, 7) is 2.48. The van der Waals surface area contributed by atoms with Gasteiger partial charge in [0.15, 0.2) is 18.7 Å². The first-order valence-corrected chi connectivity index (χ1v) is 27.1. The van der Waals surface area contributed by atoms with Crippen molar-refractivity contribution in [2.45, 2.75) is 268 Å². The van der Waals surface area contributed by atoms with Crippen LogP contribution in [-0.2, 0) is 38.0 Å². The van der Waals surface area contributed by atoms with Gasteiger partial charge >= 0.3 is 11.9 Å². The van der Waals surface area contributed by atoms with E-state index in [0.717, 1.165) is 70.6 Å². The second kappa shape index (κ2) is 41.2. The molecule has 15 nitrogen and oxygen atoms in total. The lowest BCUT2D eigenvalue weighted by molar-refractivity contribution is -0.332. The van der Waals surface area contributed by atoms with Crippen molar-refractivity contribution >= 4 is 11.9 Å². The zero-order valence-corrected chi connectivity index (χ0v) is 42.5. The standard InChI is InChI=1S/C54H96O15/c1-3-5-7-9-11-13-15-17-19-20-21-23-24-26-28-30-32-34-36-45(56)64-39-42(67-46(57)37-35-33-31-29-27-25-22-18-16-14-12-10-8-6-4-2)40-65-53-52(63)50(61)48(59)44(69-53)41-66-54-51(62)49(60)47(58)43(38-55)68-54/h6,8,12,14,18,22,42-44,47-55,58-63H,3-5,7,9-11,13,15-17,19-21,23-41H2,1-2H3/b8-6-,14-12-,22-18-. The molecule has 2 aliphatic rings. The van der Waals surface area contributed by atoms with Crippen LogP contribution in [0.3, 0.4) is 0 Å². The zero-order valence-electron chi connectivity index (χ0n) is 42.5. The molecule has 0 amide bonds. The number of aliphatic hydroxyl groups excluding tert-OH is 7. The molecule has 2 saturated heterocycles. The van der Waals surface area contributed by atoms with Crippen LogP contribution in [0.5, 0.6) is 0 Å². The van der Waals surface area contributed by atoms with Gasteiger partial charge in [0.25, 0.3) is 0 Å². The van der Waals surface area contributed by atoms with Gasteiger partial charge in [-0.2, -0.15) is 0 Å². The molecule has 15 heteroatoms. The first-order valence-electron chi connectivity index (χ1n) is 27.1. The largest absolute Gasteiger partial charge is 0.462 e. The highest BCUT2D eigenvalue weighted by Gasteiger charge is 2.47. The van der Waals surface area contributed by atoms with Gasteiger partial charge < -0.3 is 64.2 Å². The van der Waals surface area contributed by atoms with Crippen LogP contribution in [0.1, 0.15) is 200 Å². The van der Waals surface area contributed by atoms with Crippen molar-refractivity contribution in [3.63, 3.8) is 0 Å². The van der Waals surface area contributed by atoms with Gasteiger partial charge in [0.1, 0.15) is 55.4 Å². The van der Waals surface area contributed by atoms with Crippen molar-refractivity contribution in [2.24, 2.45) is 0 Å². The van der Waals surface area contributed by atoms with Crippen LogP contribution < -0.4 is 0 Å². The highest BCUT2D eigenvalue weighted by atomic mass is 16.7. The van der Waals surface area contributed by atoms with Gasteiger partial charge in [-0.15, -0.1) is 0 Å². The lowest BCUT2D eigenvalue weighted by Crippen LogP contribution is -2.61. The monoisotopic (exact) mass is 985 g/mol. The van der Waals surface area contributed by atoms with Crippen molar-refractivity contribution in [1.82, 2.24) is 0 Å². The van der Waals surface area contributed by atoms with Gasteiger partial charge in [-0.3, -0.25) is 9.59 Å². The fraction of sp³-hybridized carbons (Fsp3) is 0.852. The molecule has 7 N–H and O–H groups in total. The van der Waals surface area contributed by atoms with E-state index >= 15 is 0 Å². The first kappa shape index (κ1) is 62.8. The second-order valence-electron chi connectivity index (χ2n) is 19.0. The van der Waals surface area contributed by atoms with E-state index in [9.17, 15) is 45.3 Å². The number of unbranched alkanes of at least 4 members (excludes halogenated alkanes) is 22. The van der Waals surface area contributed by atoms with E-state index in [1.807, 2.05) is 0 Å². The van der Waals surface area contributed by atoms with Crippen LogP contribution in [0.4, 0.5) is 0 Å². The molecule has 0 aliphatic carbocycles. The molecule has 69 heavy (non-hydrogen) atoms. The summed E-state index contributed by atoms with van der Waals surface area (Å²) in [6, 6.07) is 0. The molecule has 11 unspecified atom stereocenters. The number of ether oxygens (including phenoxy) is 6. The fourth-order valence-corrected chi connectivity index (χ4v) is 8.47. The molecule has 11 atom stereocenters. The Labute approximate surface area is 415 Å². The first-order chi connectivity index (χ1) is 33.5. The van der Waals surface area contributed by atoms with E-state index in [1.54, 1.807) is 0 Å². The van der Waals surface area contributed by atoms with Crippen molar-refractivity contribution < 1.29 is 73.8 Å². The number of rotatable bonds is 42. The topological polar surface area (TPSA) is 231 Å². The maximum Gasteiger partial charge on any atom is 0.306 e. The van der Waals surface area contributed by atoms with E-state index in [1.165, 1.54) is 89.9 Å². The minimum atomic E-state index is -1.77. The van der Waals surface area contributed by atoms with Gasteiger partial charge in [0.05, 0.1) is 19.8 Å². The summed E-state index contributed by atoms with van der Waals surface area (Å²) < 4.78 is 33.6. The number of aliphatic hydroxyl groups is 7. The summed E-state index contributed by atoms with van der Waals surface area (Å²) >= 11 is 0. The summed E-state index contributed by atoms with van der Waals surface area (Å²) in [5, 5.41) is 72.1. The summed E-state index contributed by atoms with van der Waals surface area (Å²) in [5.41, 5.74) is 0. The molecule has 0 spiro atoms. The molecule has 0 radical (unpaired) electrons. The molecule has 0 saturated carbocycles. The van der Waals surface area contributed by atoms with Crippen molar-refractivity contribution in [2.75, 3.05) is 26.4 Å². The van der Waals surface area contributed by atoms with Gasteiger partial charge in [-0.05, 0) is 44.9 Å². The third kappa shape index (κ3) is 29.1. The minimum Gasteiger partial charge on any atom is -0.462 e. The molecule has 0 bridgehead atoms. The Hall–Kier alpha value is -2.28.